The van der Waals surface area contributed by atoms with E-state index in [0.717, 1.165) is 27.6 Å². The second kappa shape index (κ2) is 4.82. The molecule has 1 N–H and O–H groups in total. The predicted octanol–water partition coefficient (Wildman–Crippen LogP) is 3.91. The number of thiazole rings is 1. The maximum Gasteiger partial charge on any atom is 0.123 e. The molecular formula is C15H19NOS. The first-order chi connectivity index (χ1) is 8.41. The Hall–Kier alpha value is -1.19. The van der Waals surface area contributed by atoms with E-state index in [-0.39, 0.29) is 0 Å². The molecular weight excluding hydrogens is 242 g/mol. The van der Waals surface area contributed by atoms with Crippen molar-refractivity contribution < 1.29 is 5.11 Å². The number of aryl methyl sites for hydroxylation is 2. The average molecular weight is 261 g/mol. The van der Waals surface area contributed by atoms with E-state index >= 15 is 0 Å². The van der Waals surface area contributed by atoms with E-state index in [0.29, 0.717) is 0 Å². The first-order valence-corrected chi connectivity index (χ1v) is 7.03. The summed E-state index contributed by atoms with van der Waals surface area (Å²) >= 11 is 1.57. The number of rotatable bonds is 3. The molecule has 0 fully saturated rings. The Balaban J connectivity index is 2.39. The summed E-state index contributed by atoms with van der Waals surface area (Å²) in [5.41, 5.74) is 2.55. The molecule has 96 valence electrons. The van der Waals surface area contributed by atoms with Gasteiger partial charge in [0, 0.05) is 5.56 Å². The quantitative estimate of drug-likeness (QED) is 0.908. The zero-order chi connectivity index (χ0) is 13.3. The minimum absolute atomic E-state index is 0.816. The van der Waals surface area contributed by atoms with Crippen LogP contribution in [0.25, 0.3) is 10.6 Å². The molecule has 0 aliphatic carbocycles. The van der Waals surface area contributed by atoms with Crippen LogP contribution < -0.4 is 0 Å². The summed E-state index contributed by atoms with van der Waals surface area (Å²) in [6.45, 7) is 7.71. The van der Waals surface area contributed by atoms with E-state index in [1.165, 1.54) is 5.56 Å². The lowest BCUT2D eigenvalue weighted by molar-refractivity contribution is 0.0817. The van der Waals surface area contributed by atoms with Gasteiger partial charge in [-0.15, -0.1) is 11.3 Å². The lowest BCUT2D eigenvalue weighted by atomic mass is 10.1. The minimum atomic E-state index is -0.816. The summed E-state index contributed by atoms with van der Waals surface area (Å²) in [5.74, 6) is 0. The Labute approximate surface area is 112 Å². The Kier molecular flexibility index (Phi) is 3.55. The zero-order valence-corrected chi connectivity index (χ0v) is 12.1. The van der Waals surface area contributed by atoms with Crippen LogP contribution in [-0.4, -0.2) is 10.1 Å². The van der Waals surface area contributed by atoms with Gasteiger partial charge in [-0.2, -0.15) is 0 Å². The van der Waals surface area contributed by atoms with E-state index in [1.807, 2.05) is 6.92 Å². The molecule has 2 nitrogen and oxygen atoms in total. The van der Waals surface area contributed by atoms with Crippen LogP contribution >= 0.6 is 11.3 Å². The molecule has 1 aromatic carbocycles. The summed E-state index contributed by atoms with van der Waals surface area (Å²) in [6, 6.07) is 8.47. The van der Waals surface area contributed by atoms with E-state index in [9.17, 15) is 5.11 Å². The molecule has 0 atom stereocenters. The summed E-state index contributed by atoms with van der Waals surface area (Å²) in [6.07, 6.45) is 1.05. The van der Waals surface area contributed by atoms with Gasteiger partial charge in [0.25, 0.3) is 0 Å². The maximum absolute atomic E-state index is 10.1. The Bertz CT molecular complexity index is 535. The van der Waals surface area contributed by atoms with Crippen molar-refractivity contribution in [2.45, 2.75) is 39.7 Å². The largest absolute Gasteiger partial charge is 0.385 e. The van der Waals surface area contributed by atoms with E-state index in [2.05, 4.69) is 36.2 Å². The second-order valence-electron chi connectivity index (χ2n) is 5.04. The first-order valence-electron chi connectivity index (χ1n) is 6.21. The molecule has 0 aliphatic heterocycles. The van der Waals surface area contributed by atoms with E-state index in [1.54, 1.807) is 25.2 Å². The Morgan fingerprint density at radius 3 is 2.28 bits per heavy atom. The van der Waals surface area contributed by atoms with Crippen molar-refractivity contribution in [2.75, 3.05) is 0 Å². The summed E-state index contributed by atoms with van der Waals surface area (Å²) in [5, 5.41) is 11.1. The van der Waals surface area contributed by atoms with Crippen molar-refractivity contribution in [1.29, 1.82) is 0 Å². The zero-order valence-electron chi connectivity index (χ0n) is 11.3. The van der Waals surface area contributed by atoms with Crippen LogP contribution in [-0.2, 0) is 12.0 Å². The molecule has 1 heterocycles. The molecule has 2 rings (SSSR count). The third kappa shape index (κ3) is 2.62. The van der Waals surface area contributed by atoms with Crippen molar-refractivity contribution in [3.05, 3.63) is 40.4 Å². The molecule has 0 radical (unpaired) electrons. The minimum Gasteiger partial charge on any atom is -0.385 e. The topological polar surface area (TPSA) is 33.1 Å². The number of hydrogen-bond donors (Lipinski definition) is 1. The van der Waals surface area contributed by atoms with Gasteiger partial charge in [0.15, 0.2) is 0 Å². The van der Waals surface area contributed by atoms with E-state index < -0.39 is 5.60 Å². The van der Waals surface area contributed by atoms with Gasteiger partial charge in [-0.3, -0.25) is 0 Å². The van der Waals surface area contributed by atoms with Gasteiger partial charge in [-0.1, -0.05) is 31.2 Å². The molecule has 0 spiro atoms. The molecule has 0 saturated carbocycles. The van der Waals surface area contributed by atoms with Crippen molar-refractivity contribution in [3.8, 4) is 10.6 Å². The van der Waals surface area contributed by atoms with Crippen LogP contribution in [0.1, 0.15) is 36.9 Å². The van der Waals surface area contributed by atoms with Crippen LogP contribution in [0.4, 0.5) is 0 Å². The summed E-state index contributed by atoms with van der Waals surface area (Å²) in [4.78, 5) is 5.50. The van der Waals surface area contributed by atoms with Gasteiger partial charge in [0.1, 0.15) is 5.01 Å². The average Bonchev–Trinajstić information content (AvgIpc) is 2.71. The highest BCUT2D eigenvalue weighted by molar-refractivity contribution is 7.15. The molecule has 3 heteroatoms. The van der Waals surface area contributed by atoms with Crippen LogP contribution in [0.5, 0.6) is 0 Å². The first kappa shape index (κ1) is 13.2. The number of nitrogens with zero attached hydrogens (tertiary/aromatic N) is 1. The lowest BCUT2D eigenvalue weighted by Crippen LogP contribution is -2.14. The number of hydrogen-bond acceptors (Lipinski definition) is 3. The van der Waals surface area contributed by atoms with Gasteiger partial charge < -0.3 is 5.11 Å². The van der Waals surface area contributed by atoms with Gasteiger partial charge >= 0.3 is 0 Å². The fraction of sp³-hybridized carbons (Fsp3) is 0.400. The van der Waals surface area contributed by atoms with Crippen molar-refractivity contribution in [3.63, 3.8) is 0 Å². The molecule has 18 heavy (non-hydrogen) atoms. The Morgan fingerprint density at radius 2 is 1.83 bits per heavy atom. The lowest BCUT2D eigenvalue weighted by Gasteiger charge is -2.14. The highest BCUT2D eigenvalue weighted by Crippen LogP contribution is 2.34. The monoisotopic (exact) mass is 261 g/mol. The number of benzene rings is 1. The number of aliphatic hydroxyl groups is 1. The normalized spacial score (nSPS) is 11.8. The fourth-order valence-electron chi connectivity index (χ4n) is 1.97. The maximum atomic E-state index is 10.1. The standard InChI is InChI=1S/C15H19NOS/c1-5-11-6-8-12(9-7-11)14-16-10(2)13(18-14)15(3,4)17/h6-9,17H,5H2,1-4H3. The second-order valence-corrected chi connectivity index (χ2v) is 6.04. The molecule has 2 aromatic rings. The van der Waals surface area contributed by atoms with Gasteiger partial charge in [-0.25, -0.2) is 4.98 Å². The number of aromatic nitrogens is 1. The fourth-order valence-corrected chi connectivity index (χ4v) is 3.04. The molecule has 0 unspecified atom stereocenters. The van der Waals surface area contributed by atoms with Gasteiger partial charge in [0.05, 0.1) is 16.2 Å². The van der Waals surface area contributed by atoms with Gasteiger partial charge in [-0.05, 0) is 32.8 Å². The summed E-state index contributed by atoms with van der Waals surface area (Å²) in [7, 11) is 0. The SMILES string of the molecule is CCc1ccc(-c2nc(C)c(C(C)(C)O)s2)cc1. The highest BCUT2D eigenvalue weighted by Gasteiger charge is 2.23. The molecule has 0 bridgehead atoms. The van der Waals surface area contributed by atoms with Crippen LogP contribution in [0.3, 0.4) is 0 Å². The van der Waals surface area contributed by atoms with Crippen molar-refractivity contribution in [2.24, 2.45) is 0 Å². The van der Waals surface area contributed by atoms with Crippen molar-refractivity contribution in [1.82, 2.24) is 4.98 Å². The summed E-state index contributed by atoms with van der Waals surface area (Å²) < 4.78 is 0. The van der Waals surface area contributed by atoms with E-state index in [4.69, 9.17) is 0 Å². The molecule has 0 saturated heterocycles. The van der Waals surface area contributed by atoms with Crippen LogP contribution in [0.2, 0.25) is 0 Å². The van der Waals surface area contributed by atoms with Gasteiger partial charge in [0.2, 0.25) is 0 Å². The highest BCUT2D eigenvalue weighted by atomic mass is 32.1. The third-order valence-electron chi connectivity index (χ3n) is 2.96. The predicted molar refractivity (Wildman–Crippen MR) is 76.9 cm³/mol. The van der Waals surface area contributed by atoms with Crippen LogP contribution in [0.15, 0.2) is 24.3 Å². The van der Waals surface area contributed by atoms with Crippen LogP contribution in [0, 0.1) is 6.92 Å². The Morgan fingerprint density at radius 1 is 1.22 bits per heavy atom. The molecule has 1 aromatic heterocycles. The third-order valence-corrected chi connectivity index (χ3v) is 4.48. The van der Waals surface area contributed by atoms with Crippen molar-refractivity contribution >= 4 is 11.3 Å². The molecule has 0 amide bonds. The smallest absolute Gasteiger partial charge is 0.123 e. The molecule has 0 aliphatic rings.